The van der Waals surface area contributed by atoms with Crippen LogP contribution in [0.25, 0.3) is 0 Å². The molecule has 1 fully saturated rings. The number of aromatic nitrogens is 1. The minimum Gasteiger partial charge on any atom is -0.493 e. The van der Waals surface area contributed by atoms with Gasteiger partial charge in [-0.2, -0.15) is 0 Å². The molecule has 1 aliphatic heterocycles. The standard InChI is InChI=1S/C19H24N4O4/c20-17(21)16-14(25-13-5-11-23-9-2-1-3-10-23)7-8-22-18(16)27-19(24)15-6-4-12-26-15/h4,6-8,12H,1-3,5,9-11,13H2,(H3,20,21). The minimum absolute atomic E-state index is 0.0409. The van der Waals surface area contributed by atoms with Gasteiger partial charge in [0, 0.05) is 12.7 Å². The Labute approximate surface area is 157 Å². The first-order chi connectivity index (χ1) is 13.1. The fourth-order valence-electron chi connectivity index (χ4n) is 3.06. The molecule has 1 aliphatic rings. The first kappa shape index (κ1) is 18.9. The summed E-state index contributed by atoms with van der Waals surface area (Å²) < 4.78 is 16.1. The van der Waals surface area contributed by atoms with Crippen LogP contribution in [-0.2, 0) is 0 Å². The highest BCUT2D eigenvalue weighted by Crippen LogP contribution is 2.26. The van der Waals surface area contributed by atoms with Crippen LogP contribution in [0.4, 0.5) is 0 Å². The molecule has 0 bridgehead atoms. The molecule has 2 aromatic rings. The molecule has 0 unspecified atom stereocenters. The number of piperidine rings is 1. The Morgan fingerprint density at radius 2 is 2.11 bits per heavy atom. The Morgan fingerprint density at radius 3 is 2.81 bits per heavy atom. The maximum Gasteiger partial charge on any atom is 0.380 e. The number of carbonyl (C=O) groups is 1. The third kappa shape index (κ3) is 5.07. The third-order valence-corrected chi connectivity index (χ3v) is 4.38. The summed E-state index contributed by atoms with van der Waals surface area (Å²) in [4.78, 5) is 18.5. The number of amidine groups is 1. The fraction of sp³-hybridized carbons (Fsp3) is 0.421. The zero-order chi connectivity index (χ0) is 19.1. The van der Waals surface area contributed by atoms with Gasteiger partial charge in [0.15, 0.2) is 0 Å². The summed E-state index contributed by atoms with van der Waals surface area (Å²) in [7, 11) is 0. The summed E-state index contributed by atoms with van der Waals surface area (Å²) >= 11 is 0. The maximum absolute atomic E-state index is 12.1. The van der Waals surface area contributed by atoms with Crippen molar-refractivity contribution in [3.8, 4) is 11.6 Å². The molecule has 8 heteroatoms. The van der Waals surface area contributed by atoms with Crippen LogP contribution in [-0.4, -0.2) is 47.9 Å². The Kier molecular flexibility index (Phi) is 6.43. The predicted molar refractivity (Wildman–Crippen MR) is 99.3 cm³/mol. The van der Waals surface area contributed by atoms with Gasteiger partial charge in [-0.15, -0.1) is 0 Å². The van der Waals surface area contributed by atoms with Gasteiger partial charge in [0.05, 0.1) is 12.9 Å². The van der Waals surface area contributed by atoms with Crippen molar-refractivity contribution in [2.45, 2.75) is 25.7 Å². The highest BCUT2D eigenvalue weighted by Gasteiger charge is 2.20. The number of furan rings is 1. The highest BCUT2D eigenvalue weighted by atomic mass is 16.6. The van der Waals surface area contributed by atoms with E-state index in [1.807, 2.05) is 0 Å². The second-order valence-electron chi connectivity index (χ2n) is 6.37. The molecule has 0 aromatic carbocycles. The lowest BCUT2D eigenvalue weighted by Gasteiger charge is -2.26. The van der Waals surface area contributed by atoms with Gasteiger partial charge in [0.2, 0.25) is 11.6 Å². The quantitative estimate of drug-likeness (QED) is 0.316. The molecule has 27 heavy (non-hydrogen) atoms. The summed E-state index contributed by atoms with van der Waals surface area (Å²) in [5.74, 6) is -0.649. The Bertz CT molecular complexity index is 770. The number of nitrogens with zero attached hydrogens (tertiary/aromatic N) is 2. The van der Waals surface area contributed by atoms with Gasteiger partial charge in [0.1, 0.15) is 17.1 Å². The number of likely N-dealkylation sites (tertiary alicyclic amines) is 1. The van der Waals surface area contributed by atoms with Crippen LogP contribution < -0.4 is 15.2 Å². The van der Waals surface area contributed by atoms with E-state index in [1.54, 1.807) is 12.1 Å². The zero-order valence-electron chi connectivity index (χ0n) is 15.1. The summed E-state index contributed by atoms with van der Waals surface area (Å²) in [6.45, 7) is 3.73. The van der Waals surface area contributed by atoms with Crippen molar-refractivity contribution in [3.63, 3.8) is 0 Å². The van der Waals surface area contributed by atoms with Gasteiger partial charge in [-0.1, -0.05) is 6.42 Å². The molecule has 1 saturated heterocycles. The number of esters is 1. The van der Waals surface area contributed by atoms with Crippen molar-refractivity contribution in [3.05, 3.63) is 42.0 Å². The molecule has 0 radical (unpaired) electrons. The lowest BCUT2D eigenvalue weighted by molar-refractivity contribution is 0.0693. The monoisotopic (exact) mass is 372 g/mol. The molecule has 8 nitrogen and oxygen atoms in total. The van der Waals surface area contributed by atoms with Crippen LogP contribution >= 0.6 is 0 Å². The van der Waals surface area contributed by atoms with E-state index in [-0.39, 0.29) is 23.0 Å². The maximum atomic E-state index is 12.1. The van der Waals surface area contributed by atoms with Crippen molar-refractivity contribution in [1.82, 2.24) is 9.88 Å². The predicted octanol–water partition coefficient (Wildman–Crippen LogP) is 2.43. The van der Waals surface area contributed by atoms with E-state index < -0.39 is 5.97 Å². The van der Waals surface area contributed by atoms with Crippen LogP contribution in [0.1, 0.15) is 41.8 Å². The number of pyridine rings is 1. The SMILES string of the molecule is N=C(N)c1c(OCCCN2CCCCC2)ccnc1OC(=O)c1ccco1. The van der Waals surface area contributed by atoms with Crippen molar-refractivity contribution in [2.24, 2.45) is 5.73 Å². The molecule has 144 valence electrons. The molecule has 3 heterocycles. The normalized spacial score (nSPS) is 14.7. The second kappa shape index (κ2) is 9.18. The molecule has 0 saturated carbocycles. The number of hydrogen-bond donors (Lipinski definition) is 2. The van der Waals surface area contributed by atoms with Gasteiger partial charge in [0.25, 0.3) is 0 Å². The Morgan fingerprint density at radius 1 is 1.30 bits per heavy atom. The van der Waals surface area contributed by atoms with Crippen LogP contribution in [0, 0.1) is 5.41 Å². The number of hydrogen-bond acceptors (Lipinski definition) is 7. The van der Waals surface area contributed by atoms with E-state index in [2.05, 4.69) is 9.88 Å². The topological polar surface area (TPSA) is 115 Å². The molecular weight excluding hydrogens is 348 g/mol. The molecule has 0 amide bonds. The highest BCUT2D eigenvalue weighted by molar-refractivity contribution is 6.01. The lowest BCUT2D eigenvalue weighted by Crippen LogP contribution is -2.31. The summed E-state index contributed by atoms with van der Waals surface area (Å²) in [6, 6.07) is 4.68. The number of nitrogens with one attached hydrogen (secondary N) is 1. The molecule has 0 aliphatic carbocycles. The minimum atomic E-state index is -0.711. The number of nitrogens with two attached hydrogens (primary N) is 1. The smallest absolute Gasteiger partial charge is 0.380 e. The molecule has 0 atom stereocenters. The zero-order valence-corrected chi connectivity index (χ0v) is 15.1. The van der Waals surface area contributed by atoms with Crippen LogP contribution in [0.5, 0.6) is 11.6 Å². The van der Waals surface area contributed by atoms with Crippen molar-refractivity contribution in [1.29, 1.82) is 5.41 Å². The largest absolute Gasteiger partial charge is 0.493 e. The Balaban J connectivity index is 1.62. The molecule has 3 N–H and O–H groups in total. The van der Waals surface area contributed by atoms with Crippen LogP contribution in [0.15, 0.2) is 35.1 Å². The van der Waals surface area contributed by atoms with Gasteiger partial charge >= 0.3 is 5.97 Å². The van der Waals surface area contributed by atoms with E-state index in [4.69, 9.17) is 25.0 Å². The average molecular weight is 372 g/mol. The Hall–Kier alpha value is -2.87. The third-order valence-electron chi connectivity index (χ3n) is 4.38. The van der Waals surface area contributed by atoms with Crippen molar-refractivity contribution in [2.75, 3.05) is 26.2 Å². The number of carbonyl (C=O) groups excluding carboxylic acids is 1. The summed E-state index contributed by atoms with van der Waals surface area (Å²) in [5.41, 5.74) is 5.83. The van der Waals surface area contributed by atoms with E-state index in [1.165, 1.54) is 37.8 Å². The van der Waals surface area contributed by atoms with Crippen molar-refractivity contribution >= 4 is 11.8 Å². The molecule has 3 rings (SSSR count). The number of ether oxygens (including phenoxy) is 2. The van der Waals surface area contributed by atoms with Crippen LogP contribution in [0.2, 0.25) is 0 Å². The second-order valence-corrected chi connectivity index (χ2v) is 6.37. The van der Waals surface area contributed by atoms with Crippen molar-refractivity contribution < 1.29 is 18.7 Å². The van der Waals surface area contributed by atoms with Gasteiger partial charge in [-0.05, 0) is 50.6 Å². The van der Waals surface area contributed by atoms with Crippen LogP contribution in [0.3, 0.4) is 0 Å². The average Bonchev–Trinajstić information content (AvgIpc) is 3.21. The lowest BCUT2D eigenvalue weighted by atomic mass is 10.1. The number of nitrogen functional groups attached to an aromatic ring is 1. The molecule has 2 aromatic heterocycles. The van der Waals surface area contributed by atoms with Gasteiger partial charge in [-0.25, -0.2) is 9.78 Å². The van der Waals surface area contributed by atoms with E-state index >= 15 is 0 Å². The van der Waals surface area contributed by atoms with Gasteiger partial charge in [-0.3, -0.25) is 5.41 Å². The fourth-order valence-corrected chi connectivity index (χ4v) is 3.06. The van der Waals surface area contributed by atoms with E-state index in [0.29, 0.717) is 12.4 Å². The molecular formula is C19H24N4O4. The molecule has 0 spiro atoms. The summed E-state index contributed by atoms with van der Waals surface area (Å²) in [6.07, 6.45) is 7.51. The van der Waals surface area contributed by atoms with Gasteiger partial charge < -0.3 is 24.5 Å². The first-order valence-electron chi connectivity index (χ1n) is 9.09. The van der Waals surface area contributed by atoms with E-state index in [9.17, 15) is 4.79 Å². The van der Waals surface area contributed by atoms with E-state index in [0.717, 1.165) is 26.1 Å². The first-order valence-corrected chi connectivity index (χ1v) is 9.09. The summed E-state index contributed by atoms with van der Waals surface area (Å²) in [5, 5.41) is 7.81. The number of rotatable bonds is 8.